The van der Waals surface area contributed by atoms with Gasteiger partial charge in [-0.3, -0.25) is 0 Å². The molecule has 0 unspecified atom stereocenters. The lowest BCUT2D eigenvalue weighted by Gasteiger charge is -2.20. The van der Waals surface area contributed by atoms with Crippen LogP contribution in [0.1, 0.15) is 70.8 Å². The van der Waals surface area contributed by atoms with Crippen LogP contribution in [0.4, 0.5) is 5.00 Å². The molecule has 0 bridgehead atoms. The molecule has 0 fully saturated rings. The van der Waals surface area contributed by atoms with Crippen molar-refractivity contribution in [3.63, 3.8) is 0 Å². The number of likely N-dealkylation sites (N-methyl/N-ethyl adjacent to an activating group) is 1. The first-order valence-electron chi connectivity index (χ1n) is 12.0. The van der Waals surface area contributed by atoms with Gasteiger partial charge in [-0.05, 0) is 44.3 Å². The Hall–Kier alpha value is -2.03. The van der Waals surface area contributed by atoms with Crippen molar-refractivity contribution in [3.05, 3.63) is 28.7 Å². The van der Waals surface area contributed by atoms with Gasteiger partial charge in [-0.15, -0.1) is 11.3 Å². The third kappa shape index (κ3) is 8.64. The number of ether oxygens (including phenoxy) is 2. The highest BCUT2D eigenvalue weighted by Gasteiger charge is 2.24. The number of allylic oxidation sites excluding steroid dienone is 1. The maximum atomic E-state index is 12.6. The number of aldehydes is 1. The van der Waals surface area contributed by atoms with Gasteiger partial charge in [0.05, 0.1) is 11.3 Å². The minimum atomic E-state index is -0.314. The second kappa shape index (κ2) is 18.3. The van der Waals surface area contributed by atoms with Crippen molar-refractivity contribution < 1.29 is 19.1 Å². The van der Waals surface area contributed by atoms with E-state index in [-0.39, 0.29) is 5.97 Å². The number of nitrogens with zero attached hydrogens (tertiary/aromatic N) is 1. The van der Waals surface area contributed by atoms with Gasteiger partial charge in [-0.1, -0.05) is 46.8 Å². The first kappa shape index (κ1) is 32.0. The van der Waals surface area contributed by atoms with Gasteiger partial charge in [-0.2, -0.15) is 12.6 Å². The van der Waals surface area contributed by atoms with E-state index >= 15 is 0 Å². The number of esters is 1. The molecule has 0 saturated heterocycles. The first-order valence-corrected chi connectivity index (χ1v) is 13.3. The third-order valence-electron chi connectivity index (χ3n) is 4.95. The molecule has 0 aliphatic carbocycles. The number of hydrogen-bond donors (Lipinski definition) is 2. The summed E-state index contributed by atoms with van der Waals surface area (Å²) in [7, 11) is 1.82. The van der Waals surface area contributed by atoms with Gasteiger partial charge in [0.1, 0.15) is 29.2 Å². The number of fused-ring (bicyclic) bond motifs is 1. The molecule has 0 amide bonds. The van der Waals surface area contributed by atoms with Crippen molar-refractivity contribution in [1.82, 2.24) is 4.90 Å². The van der Waals surface area contributed by atoms with Crippen molar-refractivity contribution in [2.45, 2.75) is 54.9 Å². The van der Waals surface area contributed by atoms with Gasteiger partial charge >= 0.3 is 5.97 Å². The maximum absolute atomic E-state index is 12.6. The Morgan fingerprint density at radius 2 is 1.79 bits per heavy atom. The molecule has 0 saturated carbocycles. The Morgan fingerprint density at radius 1 is 1.18 bits per heavy atom. The largest absolute Gasteiger partial charge is 0.490 e. The fraction of sp³-hybridized carbons (Fsp3) is 0.538. The van der Waals surface area contributed by atoms with Crippen LogP contribution < -0.4 is 10.1 Å². The van der Waals surface area contributed by atoms with Crippen molar-refractivity contribution in [3.8, 4) is 5.75 Å². The summed E-state index contributed by atoms with van der Waals surface area (Å²) in [5.41, 5.74) is 2.70. The van der Waals surface area contributed by atoms with E-state index in [0.717, 1.165) is 64.3 Å². The molecule has 0 radical (unpaired) electrons. The SMILES string of the molecule is CC.CC=O.CCOC(=O)c1c(NC)sc2c(OCCN(CC)CC)c(/C(=C/S)CC)ccc12. The predicted molar refractivity (Wildman–Crippen MR) is 151 cm³/mol. The molecule has 0 aliphatic heterocycles. The molecule has 0 spiro atoms. The summed E-state index contributed by atoms with van der Waals surface area (Å²) in [4.78, 5) is 23.7. The van der Waals surface area contributed by atoms with Gasteiger partial charge in [0.2, 0.25) is 0 Å². The van der Waals surface area contributed by atoms with E-state index in [2.05, 4.69) is 43.6 Å². The molecular formula is C26H42N2O4S2. The number of carbonyl (C=O) groups excluding carboxylic acids is 2. The zero-order valence-electron chi connectivity index (χ0n) is 22.0. The minimum absolute atomic E-state index is 0.314. The molecule has 192 valence electrons. The normalized spacial score (nSPS) is 10.7. The summed E-state index contributed by atoms with van der Waals surface area (Å²) < 4.78 is 12.6. The number of carbonyl (C=O) groups is 2. The topological polar surface area (TPSA) is 67.9 Å². The number of thiophene rings is 1. The zero-order chi connectivity index (χ0) is 26.1. The van der Waals surface area contributed by atoms with Crippen LogP contribution in [-0.4, -0.2) is 57.1 Å². The first-order chi connectivity index (χ1) is 16.5. The smallest absolute Gasteiger partial charge is 0.341 e. The van der Waals surface area contributed by atoms with E-state index in [9.17, 15) is 4.79 Å². The van der Waals surface area contributed by atoms with Gasteiger partial charge in [0.25, 0.3) is 0 Å². The van der Waals surface area contributed by atoms with E-state index in [0.29, 0.717) is 18.8 Å². The summed E-state index contributed by atoms with van der Waals surface area (Å²) >= 11 is 5.92. The van der Waals surface area contributed by atoms with Crippen molar-refractivity contribution in [2.75, 3.05) is 45.2 Å². The fourth-order valence-electron chi connectivity index (χ4n) is 3.28. The Labute approximate surface area is 215 Å². The van der Waals surface area contributed by atoms with Crippen LogP contribution in [0, 0.1) is 0 Å². The molecule has 34 heavy (non-hydrogen) atoms. The lowest BCUT2D eigenvalue weighted by Crippen LogP contribution is -2.28. The van der Waals surface area contributed by atoms with Crippen molar-refractivity contribution in [1.29, 1.82) is 0 Å². The summed E-state index contributed by atoms with van der Waals surface area (Å²) in [6.07, 6.45) is 1.59. The van der Waals surface area contributed by atoms with Gasteiger partial charge in [-0.25, -0.2) is 4.79 Å². The van der Waals surface area contributed by atoms with Crippen LogP contribution in [0.25, 0.3) is 15.7 Å². The fourth-order valence-corrected chi connectivity index (χ4v) is 4.75. The van der Waals surface area contributed by atoms with E-state index in [1.807, 2.05) is 45.4 Å². The van der Waals surface area contributed by atoms with Crippen LogP contribution >= 0.6 is 24.0 Å². The molecular weight excluding hydrogens is 468 g/mol. The Morgan fingerprint density at radius 3 is 2.26 bits per heavy atom. The molecule has 2 rings (SSSR count). The van der Waals surface area contributed by atoms with Crippen LogP contribution in [0.5, 0.6) is 5.75 Å². The van der Waals surface area contributed by atoms with Crippen molar-refractivity contribution >= 4 is 56.9 Å². The van der Waals surface area contributed by atoms with Crippen molar-refractivity contribution in [2.24, 2.45) is 0 Å². The second-order valence-electron chi connectivity index (χ2n) is 6.71. The van der Waals surface area contributed by atoms with E-state index < -0.39 is 0 Å². The predicted octanol–water partition coefficient (Wildman–Crippen LogP) is 6.75. The molecule has 2 aromatic rings. The quantitative estimate of drug-likeness (QED) is 0.198. The molecule has 0 atom stereocenters. The average molecular weight is 511 g/mol. The van der Waals surface area contributed by atoms with Crippen LogP contribution in [0.15, 0.2) is 17.5 Å². The lowest BCUT2D eigenvalue weighted by molar-refractivity contribution is -0.106. The Kier molecular flexibility index (Phi) is 17.2. The minimum Gasteiger partial charge on any atom is -0.490 e. The van der Waals surface area contributed by atoms with Gasteiger partial charge in [0, 0.05) is 24.5 Å². The highest BCUT2D eigenvalue weighted by atomic mass is 32.1. The third-order valence-corrected chi connectivity index (χ3v) is 6.48. The molecule has 8 heteroatoms. The van der Waals surface area contributed by atoms with Gasteiger partial charge < -0.3 is 24.5 Å². The van der Waals surface area contributed by atoms with E-state index in [1.54, 1.807) is 0 Å². The standard InChI is InChI=1S/C22H32N2O3S2.C2H4O.C2H6/c1-6-15(14-28)16-10-11-17-18(22(25)26-9-4)21(23-5)29-20(17)19(16)27-13-12-24(7-2)8-3;1-2-3;1-2/h10-11,14,23,28H,6-9,12-13H2,1-5H3;2H,1H3;1-2H3/b15-14+;;. The molecule has 1 aromatic heterocycles. The molecule has 0 aliphatic rings. The molecule has 1 aromatic carbocycles. The number of hydrogen-bond acceptors (Lipinski definition) is 8. The number of thiol groups is 1. The van der Waals surface area contributed by atoms with E-state index in [4.69, 9.17) is 14.3 Å². The van der Waals surface area contributed by atoms with Crippen LogP contribution in [0.2, 0.25) is 0 Å². The maximum Gasteiger partial charge on any atom is 0.341 e. The Balaban J connectivity index is 0.00000201. The number of anilines is 1. The summed E-state index contributed by atoms with van der Waals surface area (Å²) in [5.74, 6) is 0.499. The van der Waals surface area contributed by atoms with E-state index in [1.165, 1.54) is 18.3 Å². The van der Waals surface area contributed by atoms with Gasteiger partial charge in [0.15, 0.2) is 0 Å². The highest BCUT2D eigenvalue weighted by molar-refractivity contribution is 7.83. The molecule has 1 heterocycles. The summed E-state index contributed by atoms with van der Waals surface area (Å²) in [6.45, 7) is 17.4. The lowest BCUT2D eigenvalue weighted by atomic mass is 10.0. The zero-order valence-corrected chi connectivity index (χ0v) is 23.7. The Bertz CT molecular complexity index is 906. The number of nitrogens with one attached hydrogen (secondary N) is 1. The van der Waals surface area contributed by atoms with Crippen LogP contribution in [0.3, 0.4) is 0 Å². The van der Waals surface area contributed by atoms with Crippen LogP contribution in [-0.2, 0) is 9.53 Å². The second-order valence-corrected chi connectivity index (χ2v) is 7.99. The monoisotopic (exact) mass is 510 g/mol. The summed E-state index contributed by atoms with van der Waals surface area (Å²) in [6, 6.07) is 4.01. The average Bonchev–Trinajstić information content (AvgIpc) is 3.24. The molecule has 1 N–H and O–H groups in total. The molecule has 6 nitrogen and oxygen atoms in total. The number of rotatable bonds is 11. The summed E-state index contributed by atoms with van der Waals surface area (Å²) in [5, 5.41) is 6.62. The highest BCUT2D eigenvalue weighted by Crippen LogP contribution is 2.45. The number of benzene rings is 1.